The SMILES string of the molecule is ClC(c1ccc(Oc2ccccc2)cc1)c1ccoc1Br. The first-order valence-electron chi connectivity index (χ1n) is 6.44. The molecule has 0 radical (unpaired) electrons. The van der Waals surface area contributed by atoms with Crippen LogP contribution in [-0.2, 0) is 0 Å². The second kappa shape index (κ2) is 6.37. The number of alkyl halides is 1. The van der Waals surface area contributed by atoms with Crippen molar-refractivity contribution in [3.63, 3.8) is 0 Å². The highest BCUT2D eigenvalue weighted by Gasteiger charge is 2.16. The van der Waals surface area contributed by atoms with Gasteiger partial charge in [-0.05, 0) is 51.8 Å². The zero-order valence-corrected chi connectivity index (χ0v) is 13.3. The summed E-state index contributed by atoms with van der Waals surface area (Å²) in [7, 11) is 0. The van der Waals surface area contributed by atoms with Crippen LogP contribution in [0.3, 0.4) is 0 Å². The van der Waals surface area contributed by atoms with E-state index in [0.717, 1.165) is 22.6 Å². The highest BCUT2D eigenvalue weighted by molar-refractivity contribution is 9.10. The quantitative estimate of drug-likeness (QED) is 0.518. The molecule has 3 aromatic rings. The predicted octanol–water partition coefficient (Wildman–Crippen LogP) is 6.16. The van der Waals surface area contributed by atoms with E-state index in [1.54, 1.807) is 6.26 Å². The van der Waals surface area contributed by atoms with Crippen LogP contribution >= 0.6 is 27.5 Å². The molecular formula is C17H12BrClO2. The van der Waals surface area contributed by atoms with E-state index in [1.165, 1.54) is 0 Å². The normalized spacial score (nSPS) is 12.1. The Morgan fingerprint density at radius 3 is 2.19 bits per heavy atom. The number of para-hydroxylation sites is 1. The Hall–Kier alpha value is -1.71. The Morgan fingerprint density at radius 1 is 0.905 bits per heavy atom. The number of halogens is 2. The van der Waals surface area contributed by atoms with Gasteiger partial charge in [-0.3, -0.25) is 0 Å². The van der Waals surface area contributed by atoms with E-state index in [2.05, 4.69) is 15.9 Å². The molecule has 0 N–H and O–H groups in total. The molecule has 0 aliphatic carbocycles. The van der Waals surface area contributed by atoms with Gasteiger partial charge in [0.15, 0.2) is 4.67 Å². The summed E-state index contributed by atoms with van der Waals surface area (Å²) in [4.78, 5) is 0. The molecule has 0 aliphatic heterocycles. The lowest BCUT2D eigenvalue weighted by molar-refractivity contribution is 0.482. The number of benzene rings is 2. The van der Waals surface area contributed by atoms with Crippen LogP contribution in [0.15, 0.2) is 76.0 Å². The lowest BCUT2D eigenvalue weighted by Gasteiger charge is -2.10. The topological polar surface area (TPSA) is 22.4 Å². The predicted molar refractivity (Wildman–Crippen MR) is 87.1 cm³/mol. The smallest absolute Gasteiger partial charge is 0.173 e. The summed E-state index contributed by atoms with van der Waals surface area (Å²) in [5.74, 6) is 1.59. The summed E-state index contributed by atoms with van der Waals surface area (Å²) in [6, 6.07) is 19.3. The maximum atomic E-state index is 6.46. The fraction of sp³-hybridized carbons (Fsp3) is 0.0588. The first-order chi connectivity index (χ1) is 10.2. The third-order valence-electron chi connectivity index (χ3n) is 3.07. The van der Waals surface area contributed by atoms with Crippen molar-refractivity contribution in [2.24, 2.45) is 0 Å². The van der Waals surface area contributed by atoms with Crippen LogP contribution in [0.5, 0.6) is 11.5 Å². The molecule has 0 bridgehead atoms. The van der Waals surface area contributed by atoms with E-state index >= 15 is 0 Å². The Bertz CT molecular complexity index is 707. The molecule has 1 atom stereocenters. The minimum Gasteiger partial charge on any atom is -0.457 e. The first kappa shape index (κ1) is 14.2. The van der Waals surface area contributed by atoms with Gasteiger partial charge in [0.1, 0.15) is 11.5 Å². The lowest BCUT2D eigenvalue weighted by atomic mass is 10.1. The molecule has 0 saturated heterocycles. The van der Waals surface area contributed by atoms with E-state index in [-0.39, 0.29) is 5.38 Å². The van der Waals surface area contributed by atoms with Crippen molar-refractivity contribution in [3.8, 4) is 11.5 Å². The highest BCUT2D eigenvalue weighted by atomic mass is 79.9. The van der Waals surface area contributed by atoms with Gasteiger partial charge in [0.25, 0.3) is 0 Å². The molecule has 3 rings (SSSR count). The van der Waals surface area contributed by atoms with Crippen LogP contribution in [0, 0.1) is 0 Å². The minimum atomic E-state index is -0.260. The van der Waals surface area contributed by atoms with Gasteiger partial charge in [0.05, 0.1) is 11.6 Å². The van der Waals surface area contributed by atoms with Crippen molar-refractivity contribution in [1.29, 1.82) is 0 Å². The maximum absolute atomic E-state index is 6.46. The van der Waals surface area contributed by atoms with Crippen molar-refractivity contribution < 1.29 is 9.15 Å². The van der Waals surface area contributed by atoms with Gasteiger partial charge >= 0.3 is 0 Å². The van der Waals surface area contributed by atoms with Crippen molar-refractivity contribution in [3.05, 3.63) is 82.7 Å². The second-order valence-electron chi connectivity index (χ2n) is 4.50. The van der Waals surface area contributed by atoms with E-state index in [1.807, 2.05) is 60.7 Å². The Labute approximate surface area is 136 Å². The molecule has 2 nitrogen and oxygen atoms in total. The fourth-order valence-corrected chi connectivity index (χ4v) is 2.91. The van der Waals surface area contributed by atoms with Crippen LogP contribution in [-0.4, -0.2) is 0 Å². The van der Waals surface area contributed by atoms with E-state index in [0.29, 0.717) is 4.67 Å². The Balaban J connectivity index is 1.77. The van der Waals surface area contributed by atoms with Crippen molar-refractivity contribution in [2.45, 2.75) is 5.38 Å². The molecule has 1 aromatic heterocycles. The van der Waals surface area contributed by atoms with Crippen molar-refractivity contribution >= 4 is 27.5 Å². The lowest BCUT2D eigenvalue weighted by Crippen LogP contribution is -1.92. The van der Waals surface area contributed by atoms with Gasteiger partial charge < -0.3 is 9.15 Å². The molecule has 1 heterocycles. The molecule has 4 heteroatoms. The molecule has 0 spiro atoms. The number of rotatable bonds is 4. The van der Waals surface area contributed by atoms with Gasteiger partial charge in [-0.1, -0.05) is 30.3 Å². The van der Waals surface area contributed by atoms with Crippen LogP contribution in [0.1, 0.15) is 16.5 Å². The fourth-order valence-electron chi connectivity index (χ4n) is 1.99. The Morgan fingerprint density at radius 2 is 1.57 bits per heavy atom. The summed E-state index contributed by atoms with van der Waals surface area (Å²) in [5.41, 5.74) is 1.90. The minimum absolute atomic E-state index is 0.260. The summed E-state index contributed by atoms with van der Waals surface area (Å²) in [5, 5.41) is -0.260. The molecular weight excluding hydrogens is 352 g/mol. The van der Waals surface area contributed by atoms with Crippen LogP contribution < -0.4 is 4.74 Å². The molecule has 2 aromatic carbocycles. The van der Waals surface area contributed by atoms with Crippen LogP contribution in [0.4, 0.5) is 0 Å². The summed E-state index contributed by atoms with van der Waals surface area (Å²) in [6.45, 7) is 0. The number of ether oxygens (including phenoxy) is 1. The van der Waals surface area contributed by atoms with Crippen LogP contribution in [0.2, 0.25) is 0 Å². The van der Waals surface area contributed by atoms with Crippen molar-refractivity contribution in [2.75, 3.05) is 0 Å². The first-order valence-corrected chi connectivity index (χ1v) is 7.67. The van der Waals surface area contributed by atoms with E-state index in [9.17, 15) is 0 Å². The largest absolute Gasteiger partial charge is 0.457 e. The van der Waals surface area contributed by atoms with E-state index in [4.69, 9.17) is 20.8 Å². The molecule has 0 fully saturated rings. The number of hydrogen-bond acceptors (Lipinski definition) is 2. The molecule has 21 heavy (non-hydrogen) atoms. The summed E-state index contributed by atoms with van der Waals surface area (Å²) in [6.07, 6.45) is 1.61. The Kier molecular flexibility index (Phi) is 4.32. The second-order valence-corrected chi connectivity index (χ2v) is 5.65. The van der Waals surface area contributed by atoms with E-state index < -0.39 is 0 Å². The van der Waals surface area contributed by atoms with Gasteiger partial charge in [0.2, 0.25) is 0 Å². The molecule has 0 saturated carbocycles. The zero-order valence-electron chi connectivity index (χ0n) is 11.0. The van der Waals surface area contributed by atoms with Gasteiger partial charge in [0, 0.05) is 5.56 Å². The molecule has 0 aliphatic rings. The third kappa shape index (κ3) is 3.31. The zero-order chi connectivity index (χ0) is 14.7. The monoisotopic (exact) mass is 362 g/mol. The molecule has 1 unspecified atom stereocenters. The number of furan rings is 1. The van der Waals surface area contributed by atoms with Crippen molar-refractivity contribution in [1.82, 2.24) is 0 Å². The average molecular weight is 364 g/mol. The maximum Gasteiger partial charge on any atom is 0.173 e. The summed E-state index contributed by atoms with van der Waals surface area (Å²) >= 11 is 9.81. The summed E-state index contributed by atoms with van der Waals surface area (Å²) < 4.78 is 11.6. The highest BCUT2D eigenvalue weighted by Crippen LogP contribution is 2.35. The third-order valence-corrected chi connectivity index (χ3v) is 4.20. The number of hydrogen-bond donors (Lipinski definition) is 0. The van der Waals surface area contributed by atoms with Gasteiger partial charge in [-0.25, -0.2) is 0 Å². The molecule has 106 valence electrons. The van der Waals surface area contributed by atoms with Crippen LogP contribution in [0.25, 0.3) is 0 Å². The standard InChI is InChI=1S/C17H12BrClO2/c18-17-15(10-11-20-17)16(19)12-6-8-14(9-7-12)21-13-4-2-1-3-5-13/h1-11,16H. The van der Waals surface area contributed by atoms with Gasteiger partial charge in [-0.2, -0.15) is 0 Å². The van der Waals surface area contributed by atoms with Gasteiger partial charge in [-0.15, -0.1) is 11.6 Å². The molecule has 0 amide bonds. The average Bonchev–Trinajstić information content (AvgIpc) is 2.94.